The number of amides is 1. The van der Waals surface area contributed by atoms with Crippen LogP contribution in [0.3, 0.4) is 0 Å². The van der Waals surface area contributed by atoms with Crippen molar-refractivity contribution in [3.63, 3.8) is 0 Å². The SMILES string of the molecule is CN(C)Cc1c(C(=O)N2CC3(CC3)C2)oc2ccccc12. The zero-order chi connectivity index (χ0) is 14.6. The Morgan fingerprint density at radius 3 is 2.67 bits per heavy atom. The molecule has 110 valence electrons. The summed E-state index contributed by atoms with van der Waals surface area (Å²) in [6, 6.07) is 7.91. The van der Waals surface area contributed by atoms with Crippen LogP contribution in [0.5, 0.6) is 0 Å². The summed E-state index contributed by atoms with van der Waals surface area (Å²) >= 11 is 0. The van der Waals surface area contributed by atoms with Gasteiger partial charge in [-0.15, -0.1) is 0 Å². The molecule has 0 bridgehead atoms. The highest BCUT2D eigenvalue weighted by Crippen LogP contribution is 2.53. The van der Waals surface area contributed by atoms with E-state index in [4.69, 9.17) is 4.42 Å². The fourth-order valence-corrected chi connectivity index (χ4v) is 3.29. The molecule has 2 fully saturated rings. The molecule has 1 aliphatic carbocycles. The average Bonchev–Trinajstić information content (AvgIpc) is 3.14. The van der Waals surface area contributed by atoms with E-state index in [0.717, 1.165) is 36.2 Å². The smallest absolute Gasteiger partial charge is 0.289 e. The summed E-state index contributed by atoms with van der Waals surface area (Å²) in [5.41, 5.74) is 2.29. The molecule has 2 aromatic rings. The standard InChI is InChI=1S/C17H20N2O2/c1-18(2)9-13-12-5-3-4-6-14(12)21-15(13)16(20)19-10-17(11-19)7-8-17/h3-6H,7-11H2,1-2H3. The van der Waals surface area contributed by atoms with E-state index in [-0.39, 0.29) is 5.91 Å². The van der Waals surface area contributed by atoms with Gasteiger partial charge in [0.15, 0.2) is 5.76 Å². The summed E-state index contributed by atoms with van der Waals surface area (Å²) in [7, 11) is 4.03. The number of nitrogens with zero attached hydrogens (tertiary/aromatic N) is 2. The van der Waals surface area contributed by atoms with Gasteiger partial charge in [-0.1, -0.05) is 18.2 Å². The van der Waals surface area contributed by atoms with Crippen LogP contribution in [-0.2, 0) is 6.54 Å². The van der Waals surface area contributed by atoms with E-state index < -0.39 is 0 Å². The van der Waals surface area contributed by atoms with Gasteiger partial charge in [0.2, 0.25) is 0 Å². The van der Waals surface area contributed by atoms with Crippen LogP contribution >= 0.6 is 0 Å². The molecule has 0 atom stereocenters. The van der Waals surface area contributed by atoms with Crippen LogP contribution in [0.2, 0.25) is 0 Å². The van der Waals surface area contributed by atoms with Crippen LogP contribution < -0.4 is 0 Å². The van der Waals surface area contributed by atoms with Gasteiger partial charge < -0.3 is 14.2 Å². The molecule has 1 spiro atoms. The molecule has 2 heterocycles. The Morgan fingerprint density at radius 1 is 1.29 bits per heavy atom. The molecule has 4 nitrogen and oxygen atoms in total. The third-order valence-electron chi connectivity index (χ3n) is 4.66. The van der Waals surface area contributed by atoms with Crippen LogP contribution in [-0.4, -0.2) is 42.9 Å². The molecule has 1 saturated heterocycles. The molecule has 2 aliphatic rings. The van der Waals surface area contributed by atoms with Crippen molar-refractivity contribution in [3.05, 3.63) is 35.6 Å². The first-order chi connectivity index (χ1) is 10.1. The maximum absolute atomic E-state index is 12.7. The fourth-order valence-electron chi connectivity index (χ4n) is 3.29. The van der Waals surface area contributed by atoms with E-state index in [0.29, 0.717) is 11.2 Å². The molecule has 1 aromatic heterocycles. The second-order valence-corrected chi connectivity index (χ2v) is 6.80. The minimum Gasteiger partial charge on any atom is -0.451 e. The molecule has 4 heteroatoms. The maximum Gasteiger partial charge on any atom is 0.289 e. The van der Waals surface area contributed by atoms with Crippen molar-refractivity contribution >= 4 is 16.9 Å². The number of carbonyl (C=O) groups is 1. The first-order valence-electron chi connectivity index (χ1n) is 7.52. The predicted molar refractivity (Wildman–Crippen MR) is 81.2 cm³/mol. The Balaban J connectivity index is 1.71. The molecule has 21 heavy (non-hydrogen) atoms. The van der Waals surface area contributed by atoms with Crippen molar-refractivity contribution in [3.8, 4) is 0 Å². The molecule has 0 N–H and O–H groups in total. The van der Waals surface area contributed by atoms with Crippen molar-refractivity contribution in [1.29, 1.82) is 0 Å². The van der Waals surface area contributed by atoms with Crippen LogP contribution in [0.1, 0.15) is 29.0 Å². The number of benzene rings is 1. The van der Waals surface area contributed by atoms with E-state index in [9.17, 15) is 4.79 Å². The van der Waals surface area contributed by atoms with E-state index in [1.807, 2.05) is 43.3 Å². The Morgan fingerprint density at radius 2 is 2.00 bits per heavy atom. The Kier molecular flexibility index (Phi) is 2.67. The molecule has 1 aromatic carbocycles. The topological polar surface area (TPSA) is 36.7 Å². The Hall–Kier alpha value is -1.81. The lowest BCUT2D eigenvalue weighted by Gasteiger charge is -2.39. The number of fused-ring (bicyclic) bond motifs is 1. The number of hydrogen-bond donors (Lipinski definition) is 0. The van der Waals surface area contributed by atoms with Crippen molar-refractivity contribution in [1.82, 2.24) is 9.80 Å². The number of hydrogen-bond acceptors (Lipinski definition) is 3. The summed E-state index contributed by atoms with van der Waals surface area (Å²) in [6.45, 7) is 2.53. The predicted octanol–water partition coefficient (Wildman–Crippen LogP) is 2.73. The summed E-state index contributed by atoms with van der Waals surface area (Å²) in [5.74, 6) is 0.584. The number of rotatable bonds is 3. The van der Waals surface area contributed by atoms with Crippen molar-refractivity contribution in [2.45, 2.75) is 19.4 Å². The number of furan rings is 1. The van der Waals surface area contributed by atoms with Crippen LogP contribution in [0, 0.1) is 5.41 Å². The molecule has 1 saturated carbocycles. The second kappa shape index (κ2) is 4.34. The maximum atomic E-state index is 12.7. The lowest BCUT2D eigenvalue weighted by atomic mass is 9.96. The lowest BCUT2D eigenvalue weighted by molar-refractivity contribution is 0.0411. The number of likely N-dealkylation sites (tertiary alicyclic amines) is 1. The Bertz CT molecular complexity index is 705. The molecule has 4 rings (SSSR count). The minimum absolute atomic E-state index is 0.0561. The highest BCUT2D eigenvalue weighted by Gasteiger charge is 2.54. The molecular formula is C17H20N2O2. The van der Waals surface area contributed by atoms with Gasteiger partial charge in [-0.25, -0.2) is 0 Å². The van der Waals surface area contributed by atoms with Gasteiger partial charge >= 0.3 is 0 Å². The first kappa shape index (κ1) is 12.9. The lowest BCUT2D eigenvalue weighted by Crippen LogP contribution is -2.51. The van der Waals surface area contributed by atoms with E-state index >= 15 is 0 Å². The van der Waals surface area contributed by atoms with E-state index in [2.05, 4.69) is 4.90 Å². The first-order valence-corrected chi connectivity index (χ1v) is 7.52. The normalized spacial score (nSPS) is 19.3. The highest BCUT2D eigenvalue weighted by atomic mass is 16.3. The largest absolute Gasteiger partial charge is 0.451 e. The third kappa shape index (κ3) is 2.05. The quantitative estimate of drug-likeness (QED) is 0.869. The van der Waals surface area contributed by atoms with Gasteiger partial charge in [-0.2, -0.15) is 0 Å². The highest BCUT2D eigenvalue weighted by molar-refractivity contribution is 5.99. The van der Waals surface area contributed by atoms with E-state index in [1.54, 1.807) is 0 Å². The van der Waals surface area contributed by atoms with Gasteiger partial charge in [0.05, 0.1) is 0 Å². The van der Waals surface area contributed by atoms with Crippen LogP contribution in [0.4, 0.5) is 0 Å². The Labute approximate surface area is 124 Å². The van der Waals surface area contributed by atoms with Crippen LogP contribution in [0.15, 0.2) is 28.7 Å². The van der Waals surface area contributed by atoms with E-state index in [1.165, 1.54) is 12.8 Å². The van der Waals surface area contributed by atoms with Crippen molar-refractivity contribution < 1.29 is 9.21 Å². The van der Waals surface area contributed by atoms with Gasteiger partial charge in [0.25, 0.3) is 5.91 Å². The molecule has 1 amide bonds. The zero-order valence-corrected chi connectivity index (χ0v) is 12.6. The summed E-state index contributed by atoms with van der Waals surface area (Å²) < 4.78 is 5.89. The fraction of sp³-hybridized carbons (Fsp3) is 0.471. The summed E-state index contributed by atoms with van der Waals surface area (Å²) in [5, 5.41) is 1.05. The van der Waals surface area contributed by atoms with Gasteiger partial charge in [-0.3, -0.25) is 4.79 Å². The summed E-state index contributed by atoms with van der Waals surface area (Å²) in [4.78, 5) is 16.7. The summed E-state index contributed by atoms with van der Waals surface area (Å²) in [6.07, 6.45) is 2.56. The van der Waals surface area contributed by atoms with Gasteiger partial charge in [-0.05, 0) is 33.0 Å². The van der Waals surface area contributed by atoms with Crippen molar-refractivity contribution in [2.75, 3.05) is 27.2 Å². The van der Waals surface area contributed by atoms with Gasteiger partial charge in [0.1, 0.15) is 5.58 Å². The molecule has 1 aliphatic heterocycles. The minimum atomic E-state index is 0.0561. The second-order valence-electron chi connectivity index (χ2n) is 6.80. The molecule has 0 radical (unpaired) electrons. The van der Waals surface area contributed by atoms with Crippen LogP contribution in [0.25, 0.3) is 11.0 Å². The van der Waals surface area contributed by atoms with Gasteiger partial charge in [0, 0.05) is 36.0 Å². The zero-order valence-electron chi connectivity index (χ0n) is 12.6. The molecular weight excluding hydrogens is 264 g/mol. The number of para-hydroxylation sites is 1. The monoisotopic (exact) mass is 284 g/mol. The third-order valence-corrected chi connectivity index (χ3v) is 4.66. The molecule has 0 unspecified atom stereocenters. The average molecular weight is 284 g/mol. The number of carbonyl (C=O) groups excluding carboxylic acids is 1. The van der Waals surface area contributed by atoms with Crippen molar-refractivity contribution in [2.24, 2.45) is 5.41 Å².